The zero-order valence-electron chi connectivity index (χ0n) is 17.9. The molecule has 3 amide bonds. The summed E-state index contributed by atoms with van der Waals surface area (Å²) in [4.78, 5) is 27.1. The predicted molar refractivity (Wildman–Crippen MR) is 129 cm³/mol. The van der Waals surface area contributed by atoms with Crippen molar-refractivity contribution in [1.82, 2.24) is 5.32 Å². The molecule has 0 unspecified atom stereocenters. The molecule has 0 aromatic heterocycles. The minimum absolute atomic E-state index is 0.125. The Hall–Kier alpha value is -3.42. The minimum atomic E-state index is -0.635. The standard InChI is InChI=1S/C25H24ClFN4O2/c26-18-8-10-19(11-9-18)29-25(33)30-22-5-2-14-31(24(22)32)20-12-6-16(7-13-20)21-4-1-3-17(15-28)23(21)27/h1,3-4,6-13,22H,2,5,14-15,28H2,(H2,29,30,33)/t22-/m1/s1. The number of hydrogen-bond donors (Lipinski definition) is 3. The van der Waals surface area contributed by atoms with E-state index in [1.165, 1.54) is 0 Å². The maximum atomic E-state index is 14.6. The van der Waals surface area contributed by atoms with E-state index in [4.69, 9.17) is 17.3 Å². The van der Waals surface area contributed by atoms with Crippen LogP contribution >= 0.6 is 11.6 Å². The van der Waals surface area contributed by atoms with E-state index >= 15 is 0 Å². The van der Waals surface area contributed by atoms with E-state index in [9.17, 15) is 14.0 Å². The summed E-state index contributed by atoms with van der Waals surface area (Å²) in [7, 11) is 0. The van der Waals surface area contributed by atoms with Gasteiger partial charge in [0.05, 0.1) is 0 Å². The molecule has 1 aliphatic rings. The van der Waals surface area contributed by atoms with Gasteiger partial charge in [0.25, 0.3) is 0 Å². The third-order valence-corrected chi connectivity index (χ3v) is 5.89. The Labute approximate surface area is 196 Å². The fourth-order valence-electron chi connectivity index (χ4n) is 3.91. The molecule has 1 fully saturated rings. The molecule has 1 saturated heterocycles. The number of nitrogens with one attached hydrogen (secondary N) is 2. The number of rotatable bonds is 5. The minimum Gasteiger partial charge on any atom is -0.326 e. The predicted octanol–water partition coefficient (Wildman–Crippen LogP) is 4.92. The lowest BCUT2D eigenvalue weighted by Gasteiger charge is -2.32. The summed E-state index contributed by atoms with van der Waals surface area (Å²) in [6, 6.07) is 17.9. The summed E-state index contributed by atoms with van der Waals surface area (Å²) in [5.41, 5.74) is 8.51. The average Bonchev–Trinajstić information content (AvgIpc) is 2.82. The number of benzene rings is 3. The normalized spacial score (nSPS) is 15.9. The molecule has 0 aliphatic carbocycles. The van der Waals surface area contributed by atoms with Gasteiger partial charge in [0, 0.05) is 40.6 Å². The van der Waals surface area contributed by atoms with E-state index in [1.807, 2.05) is 0 Å². The van der Waals surface area contributed by atoms with Crippen molar-refractivity contribution in [2.45, 2.75) is 25.4 Å². The second-order valence-electron chi connectivity index (χ2n) is 7.82. The molecule has 3 aromatic carbocycles. The van der Waals surface area contributed by atoms with Crippen molar-refractivity contribution in [3.8, 4) is 11.1 Å². The molecule has 33 heavy (non-hydrogen) atoms. The second-order valence-corrected chi connectivity index (χ2v) is 8.26. The van der Waals surface area contributed by atoms with Gasteiger partial charge in [0.15, 0.2) is 0 Å². The molecular formula is C25H24ClFN4O2. The van der Waals surface area contributed by atoms with E-state index in [2.05, 4.69) is 10.6 Å². The molecule has 1 aliphatic heterocycles. The summed E-state index contributed by atoms with van der Waals surface area (Å²) in [6.45, 7) is 0.673. The molecule has 4 N–H and O–H groups in total. The van der Waals surface area contributed by atoms with Crippen molar-refractivity contribution in [2.24, 2.45) is 5.73 Å². The lowest BCUT2D eigenvalue weighted by molar-refractivity contribution is -0.121. The number of hydrogen-bond acceptors (Lipinski definition) is 3. The highest BCUT2D eigenvalue weighted by molar-refractivity contribution is 6.30. The number of carbonyl (C=O) groups excluding carboxylic acids is 2. The Balaban J connectivity index is 1.44. The van der Waals surface area contributed by atoms with Crippen molar-refractivity contribution >= 4 is 34.9 Å². The zero-order chi connectivity index (χ0) is 23.4. The van der Waals surface area contributed by atoms with Gasteiger partial charge in [-0.2, -0.15) is 0 Å². The van der Waals surface area contributed by atoms with Gasteiger partial charge in [-0.25, -0.2) is 9.18 Å². The summed E-state index contributed by atoms with van der Waals surface area (Å²) in [6.07, 6.45) is 1.30. The molecule has 0 bridgehead atoms. The first-order chi connectivity index (χ1) is 16.0. The van der Waals surface area contributed by atoms with Gasteiger partial charge in [-0.05, 0) is 54.8 Å². The molecule has 0 radical (unpaired) electrons. The largest absolute Gasteiger partial charge is 0.326 e. The van der Waals surface area contributed by atoms with Crippen LogP contribution in [0.5, 0.6) is 0 Å². The van der Waals surface area contributed by atoms with Crippen LogP contribution in [0.4, 0.5) is 20.6 Å². The molecular weight excluding hydrogens is 443 g/mol. The van der Waals surface area contributed by atoms with Gasteiger partial charge in [0.2, 0.25) is 5.91 Å². The number of urea groups is 1. The van der Waals surface area contributed by atoms with Crippen LogP contribution in [0, 0.1) is 5.82 Å². The topological polar surface area (TPSA) is 87.5 Å². The molecule has 3 aromatic rings. The number of nitrogens with zero attached hydrogens (tertiary/aromatic N) is 1. The third kappa shape index (κ3) is 5.16. The Bertz CT molecular complexity index is 1150. The molecule has 1 heterocycles. The van der Waals surface area contributed by atoms with E-state index in [-0.39, 0.29) is 18.3 Å². The summed E-state index contributed by atoms with van der Waals surface area (Å²) < 4.78 is 14.6. The van der Waals surface area contributed by atoms with E-state index in [1.54, 1.807) is 71.6 Å². The number of piperidine rings is 1. The van der Waals surface area contributed by atoms with Crippen LogP contribution < -0.4 is 21.3 Å². The van der Waals surface area contributed by atoms with Crippen molar-refractivity contribution in [3.05, 3.63) is 83.1 Å². The fraction of sp³-hybridized carbons (Fsp3) is 0.200. The van der Waals surface area contributed by atoms with Crippen molar-refractivity contribution in [3.63, 3.8) is 0 Å². The van der Waals surface area contributed by atoms with Crippen molar-refractivity contribution < 1.29 is 14.0 Å². The van der Waals surface area contributed by atoms with Gasteiger partial charge in [0.1, 0.15) is 11.9 Å². The van der Waals surface area contributed by atoms with Crippen LogP contribution in [-0.4, -0.2) is 24.5 Å². The smallest absolute Gasteiger partial charge is 0.319 e. The van der Waals surface area contributed by atoms with Gasteiger partial charge in [-0.3, -0.25) is 4.79 Å². The van der Waals surface area contributed by atoms with Crippen LogP contribution in [0.3, 0.4) is 0 Å². The first kappa shape index (κ1) is 22.8. The summed E-state index contributed by atoms with van der Waals surface area (Å²) >= 11 is 5.86. The number of amides is 3. The fourth-order valence-corrected chi connectivity index (χ4v) is 4.03. The van der Waals surface area contributed by atoms with Gasteiger partial charge in [-0.15, -0.1) is 0 Å². The molecule has 4 rings (SSSR count). The Kier molecular flexibility index (Phi) is 6.91. The number of halogens is 2. The SMILES string of the molecule is NCc1cccc(-c2ccc(N3CCC[C@@H](NC(=O)Nc4ccc(Cl)cc4)C3=O)cc2)c1F. The highest BCUT2D eigenvalue weighted by Crippen LogP contribution is 2.28. The summed E-state index contributed by atoms with van der Waals surface area (Å²) in [5.74, 6) is -0.519. The quantitative estimate of drug-likeness (QED) is 0.498. The second kappa shape index (κ2) is 10.0. The van der Waals surface area contributed by atoms with E-state index in [0.29, 0.717) is 46.1 Å². The Morgan fingerprint density at radius 1 is 1.09 bits per heavy atom. The average molecular weight is 467 g/mol. The lowest BCUT2D eigenvalue weighted by Crippen LogP contribution is -2.53. The first-order valence-corrected chi connectivity index (χ1v) is 11.1. The van der Waals surface area contributed by atoms with E-state index < -0.39 is 12.1 Å². The maximum Gasteiger partial charge on any atom is 0.319 e. The monoisotopic (exact) mass is 466 g/mol. The molecule has 1 atom stereocenters. The van der Waals surface area contributed by atoms with Crippen LogP contribution in [0.2, 0.25) is 5.02 Å². The molecule has 6 nitrogen and oxygen atoms in total. The van der Waals surface area contributed by atoms with Crippen LogP contribution in [-0.2, 0) is 11.3 Å². The Morgan fingerprint density at radius 3 is 2.52 bits per heavy atom. The van der Waals surface area contributed by atoms with Crippen molar-refractivity contribution in [1.29, 1.82) is 0 Å². The van der Waals surface area contributed by atoms with Gasteiger partial charge >= 0.3 is 6.03 Å². The van der Waals surface area contributed by atoms with Crippen molar-refractivity contribution in [2.75, 3.05) is 16.8 Å². The zero-order valence-corrected chi connectivity index (χ0v) is 18.6. The molecule has 8 heteroatoms. The number of carbonyl (C=O) groups is 2. The highest BCUT2D eigenvalue weighted by atomic mass is 35.5. The lowest BCUT2D eigenvalue weighted by atomic mass is 10.0. The van der Waals surface area contributed by atoms with Gasteiger partial charge < -0.3 is 21.3 Å². The molecule has 0 saturated carbocycles. The van der Waals surface area contributed by atoms with Crippen LogP contribution in [0.1, 0.15) is 18.4 Å². The highest BCUT2D eigenvalue weighted by Gasteiger charge is 2.31. The summed E-state index contributed by atoms with van der Waals surface area (Å²) in [5, 5.41) is 6.03. The van der Waals surface area contributed by atoms with E-state index in [0.717, 1.165) is 6.42 Å². The van der Waals surface area contributed by atoms with Gasteiger partial charge in [-0.1, -0.05) is 41.9 Å². The number of anilines is 2. The van der Waals surface area contributed by atoms with Crippen LogP contribution in [0.15, 0.2) is 66.7 Å². The molecule has 170 valence electrons. The Morgan fingerprint density at radius 2 is 1.82 bits per heavy atom. The number of nitrogens with two attached hydrogens (primary N) is 1. The first-order valence-electron chi connectivity index (χ1n) is 10.7. The third-order valence-electron chi connectivity index (χ3n) is 5.63. The maximum absolute atomic E-state index is 14.6. The molecule has 0 spiro atoms. The van der Waals surface area contributed by atoms with Crippen LogP contribution in [0.25, 0.3) is 11.1 Å².